The maximum absolute atomic E-state index is 10.2. The molecule has 0 fully saturated rings. The predicted molar refractivity (Wildman–Crippen MR) is 74.6 cm³/mol. The first kappa shape index (κ1) is 15.2. The fraction of sp³-hybridized carbons (Fsp3) is 0.600. The maximum atomic E-state index is 10.2. The summed E-state index contributed by atoms with van der Waals surface area (Å²) in [4.78, 5) is 2.26. The first-order valence-electron chi connectivity index (χ1n) is 6.75. The third-order valence-corrected chi connectivity index (χ3v) is 3.35. The first-order valence-corrected chi connectivity index (χ1v) is 6.75. The van der Waals surface area contributed by atoms with Gasteiger partial charge in [-0.25, -0.2) is 0 Å². The Hall–Kier alpha value is -0.900. The van der Waals surface area contributed by atoms with Crippen molar-refractivity contribution in [1.29, 1.82) is 0 Å². The molecule has 1 rings (SSSR count). The van der Waals surface area contributed by atoms with Crippen LogP contribution in [-0.4, -0.2) is 41.4 Å². The largest absolute Gasteiger partial charge is 0.396 e. The van der Waals surface area contributed by atoms with Crippen molar-refractivity contribution < 1.29 is 10.2 Å². The van der Waals surface area contributed by atoms with Crippen LogP contribution < -0.4 is 0 Å². The van der Waals surface area contributed by atoms with E-state index >= 15 is 0 Å². The van der Waals surface area contributed by atoms with Crippen molar-refractivity contribution in [3.63, 3.8) is 0 Å². The van der Waals surface area contributed by atoms with Crippen LogP contribution in [0.25, 0.3) is 0 Å². The van der Waals surface area contributed by atoms with Gasteiger partial charge in [0, 0.05) is 19.7 Å². The molecule has 18 heavy (non-hydrogen) atoms. The first-order chi connectivity index (χ1) is 8.69. The highest BCUT2D eigenvalue weighted by Crippen LogP contribution is 2.20. The topological polar surface area (TPSA) is 43.7 Å². The van der Waals surface area contributed by atoms with Gasteiger partial charge in [0.2, 0.25) is 0 Å². The maximum Gasteiger partial charge on any atom is 0.0804 e. The summed E-state index contributed by atoms with van der Waals surface area (Å²) in [5, 5.41) is 19.0. The summed E-state index contributed by atoms with van der Waals surface area (Å²) in [6.07, 6.45) is 1.15. The molecule has 0 amide bonds. The lowest BCUT2D eigenvalue weighted by Crippen LogP contribution is -2.27. The number of nitrogens with zero attached hydrogens (tertiary/aromatic N) is 1. The van der Waals surface area contributed by atoms with Crippen molar-refractivity contribution in [2.45, 2.75) is 32.8 Å². The molecule has 0 aliphatic carbocycles. The quantitative estimate of drug-likeness (QED) is 0.744. The van der Waals surface area contributed by atoms with Gasteiger partial charge in [-0.15, -0.1) is 0 Å². The molecule has 1 aromatic rings. The zero-order valence-electron chi connectivity index (χ0n) is 11.5. The molecule has 0 bridgehead atoms. The number of hydrogen-bond acceptors (Lipinski definition) is 3. The molecule has 1 unspecified atom stereocenters. The lowest BCUT2D eigenvalue weighted by Gasteiger charge is -2.22. The average Bonchev–Trinajstić information content (AvgIpc) is 2.39. The van der Waals surface area contributed by atoms with E-state index in [4.69, 9.17) is 5.11 Å². The van der Waals surface area contributed by atoms with Gasteiger partial charge >= 0.3 is 0 Å². The van der Waals surface area contributed by atoms with E-state index in [9.17, 15) is 5.11 Å². The fourth-order valence-corrected chi connectivity index (χ4v) is 2.14. The van der Waals surface area contributed by atoms with Crippen LogP contribution in [0.4, 0.5) is 0 Å². The van der Waals surface area contributed by atoms with Crippen LogP contribution in [0.15, 0.2) is 24.3 Å². The second kappa shape index (κ2) is 8.25. The van der Waals surface area contributed by atoms with E-state index in [1.165, 1.54) is 0 Å². The van der Waals surface area contributed by atoms with Crippen LogP contribution in [0.1, 0.15) is 37.0 Å². The minimum Gasteiger partial charge on any atom is -0.396 e. The molecule has 0 aromatic heterocycles. The van der Waals surface area contributed by atoms with Crippen LogP contribution in [-0.2, 0) is 0 Å². The minimum absolute atomic E-state index is 0.233. The Morgan fingerprint density at radius 3 is 2.56 bits per heavy atom. The molecule has 102 valence electrons. The summed E-state index contributed by atoms with van der Waals surface area (Å²) in [6.45, 7) is 7.09. The molecule has 0 saturated heterocycles. The number of hydrogen-bond donors (Lipinski definition) is 2. The lowest BCUT2D eigenvalue weighted by atomic mass is 10.0. The van der Waals surface area contributed by atoms with Gasteiger partial charge in [-0.2, -0.15) is 0 Å². The van der Waals surface area contributed by atoms with Crippen LogP contribution in [0.3, 0.4) is 0 Å². The van der Waals surface area contributed by atoms with Crippen LogP contribution in [0.2, 0.25) is 0 Å². The Bertz CT molecular complexity index is 341. The summed E-state index contributed by atoms with van der Waals surface area (Å²) in [5.74, 6) is 0. The molecule has 0 aliphatic rings. The molecule has 0 saturated carbocycles. The number of aliphatic hydroxyl groups is 2. The van der Waals surface area contributed by atoms with Gasteiger partial charge in [0.05, 0.1) is 6.10 Å². The van der Waals surface area contributed by atoms with Crippen molar-refractivity contribution in [2.24, 2.45) is 0 Å². The van der Waals surface area contributed by atoms with Crippen molar-refractivity contribution in [3.05, 3.63) is 35.4 Å². The Labute approximate surface area is 110 Å². The molecule has 0 heterocycles. The molecular weight excluding hydrogens is 226 g/mol. The zero-order valence-corrected chi connectivity index (χ0v) is 11.5. The highest BCUT2D eigenvalue weighted by molar-refractivity contribution is 5.27. The van der Waals surface area contributed by atoms with Crippen LogP contribution in [0.5, 0.6) is 0 Å². The van der Waals surface area contributed by atoms with Gasteiger partial charge in [-0.3, -0.25) is 0 Å². The van der Waals surface area contributed by atoms with Crippen molar-refractivity contribution >= 4 is 0 Å². The Morgan fingerprint density at radius 1 is 1.22 bits per heavy atom. The van der Waals surface area contributed by atoms with E-state index in [2.05, 4.69) is 11.8 Å². The van der Waals surface area contributed by atoms with Gasteiger partial charge in [0.1, 0.15) is 0 Å². The summed E-state index contributed by atoms with van der Waals surface area (Å²) in [5.41, 5.74) is 2.17. The zero-order chi connectivity index (χ0) is 13.4. The SMILES string of the molecule is CCN(CCCO)CCC(O)c1ccccc1C. The molecule has 0 aliphatic heterocycles. The van der Waals surface area contributed by atoms with Gasteiger partial charge in [0.25, 0.3) is 0 Å². The molecule has 3 nitrogen and oxygen atoms in total. The number of aliphatic hydroxyl groups excluding tert-OH is 2. The summed E-state index contributed by atoms with van der Waals surface area (Å²) < 4.78 is 0. The Kier molecular flexibility index (Phi) is 6.94. The summed E-state index contributed by atoms with van der Waals surface area (Å²) >= 11 is 0. The standard InChI is InChI=1S/C15H25NO2/c1-3-16(10-6-12-17)11-9-15(18)14-8-5-4-7-13(14)2/h4-5,7-8,15,17-18H,3,6,9-12H2,1-2H3. The third kappa shape index (κ3) is 4.77. The number of aryl methyl sites for hydroxylation is 1. The van der Waals surface area contributed by atoms with Gasteiger partial charge in [0.15, 0.2) is 0 Å². The highest BCUT2D eigenvalue weighted by Gasteiger charge is 2.11. The lowest BCUT2D eigenvalue weighted by molar-refractivity contribution is 0.139. The summed E-state index contributed by atoms with van der Waals surface area (Å²) in [7, 11) is 0. The average molecular weight is 251 g/mol. The van der Waals surface area contributed by atoms with Gasteiger partial charge < -0.3 is 15.1 Å². The number of rotatable bonds is 8. The van der Waals surface area contributed by atoms with Crippen LogP contribution >= 0.6 is 0 Å². The predicted octanol–water partition coefficient (Wildman–Crippen LogP) is 2.12. The van der Waals surface area contributed by atoms with E-state index in [1.54, 1.807) is 0 Å². The monoisotopic (exact) mass is 251 g/mol. The van der Waals surface area contributed by atoms with E-state index in [1.807, 2.05) is 31.2 Å². The van der Waals surface area contributed by atoms with Crippen molar-refractivity contribution in [3.8, 4) is 0 Å². The van der Waals surface area contributed by atoms with Crippen molar-refractivity contribution in [2.75, 3.05) is 26.2 Å². The van der Waals surface area contributed by atoms with Gasteiger partial charge in [-0.1, -0.05) is 31.2 Å². The second-order valence-electron chi connectivity index (χ2n) is 4.67. The molecule has 3 heteroatoms. The molecule has 0 radical (unpaired) electrons. The van der Waals surface area contributed by atoms with E-state index in [0.717, 1.165) is 43.6 Å². The Morgan fingerprint density at radius 2 is 1.94 bits per heavy atom. The number of benzene rings is 1. The third-order valence-electron chi connectivity index (χ3n) is 3.35. The van der Waals surface area contributed by atoms with E-state index in [-0.39, 0.29) is 6.61 Å². The molecular formula is C15H25NO2. The highest BCUT2D eigenvalue weighted by atomic mass is 16.3. The Balaban J connectivity index is 2.44. The second-order valence-corrected chi connectivity index (χ2v) is 4.67. The van der Waals surface area contributed by atoms with E-state index in [0.29, 0.717) is 0 Å². The van der Waals surface area contributed by atoms with Crippen LogP contribution in [0, 0.1) is 6.92 Å². The minimum atomic E-state index is -0.394. The van der Waals surface area contributed by atoms with Gasteiger partial charge in [-0.05, 0) is 37.4 Å². The summed E-state index contributed by atoms with van der Waals surface area (Å²) in [6, 6.07) is 7.98. The fourth-order valence-electron chi connectivity index (χ4n) is 2.14. The molecule has 0 spiro atoms. The smallest absolute Gasteiger partial charge is 0.0804 e. The van der Waals surface area contributed by atoms with E-state index < -0.39 is 6.10 Å². The molecule has 2 N–H and O–H groups in total. The van der Waals surface area contributed by atoms with Crippen molar-refractivity contribution in [1.82, 2.24) is 4.90 Å². The molecule has 1 aromatic carbocycles. The molecule has 1 atom stereocenters. The normalized spacial score (nSPS) is 12.9.